The Bertz CT molecular complexity index is 1170. The van der Waals surface area contributed by atoms with E-state index in [-0.39, 0.29) is 51.4 Å². The van der Waals surface area contributed by atoms with Crippen LogP contribution < -0.4 is 10.3 Å². The smallest absolute Gasteiger partial charge is 0.416 e. The Morgan fingerprint density at radius 2 is 1.97 bits per heavy atom. The Hall–Kier alpha value is -3.02. The number of fused-ring (bicyclic) bond motifs is 1. The maximum absolute atomic E-state index is 13.3. The van der Waals surface area contributed by atoms with Gasteiger partial charge in [0.15, 0.2) is 6.61 Å². The number of benzene rings is 2. The van der Waals surface area contributed by atoms with Crippen molar-refractivity contribution in [2.45, 2.75) is 12.6 Å². The van der Waals surface area contributed by atoms with Crippen LogP contribution in [-0.4, -0.2) is 23.3 Å². The second-order valence-electron chi connectivity index (χ2n) is 6.13. The average molecular weight is 423 g/mol. The van der Waals surface area contributed by atoms with Crippen LogP contribution in [0.4, 0.5) is 13.2 Å². The van der Waals surface area contributed by atoms with Gasteiger partial charge in [-0.25, -0.2) is 0 Å². The molecule has 5 nitrogen and oxygen atoms in total. The molecule has 0 radical (unpaired) electrons. The summed E-state index contributed by atoms with van der Waals surface area (Å²) < 4.78 is 45.3. The molecule has 0 aliphatic carbocycles. The standard InChI is InChI=1S/C20H14ClF3N2O3/c21-12-2-4-17(29-8-6-25)15(10-12)18-13(5-7-27)19(28)26-16-3-1-11(9-14(16)18)20(22,23)24/h1-4,9-10,27H,5,7-8H2,(H,26,28). The third-order valence-electron chi connectivity index (χ3n) is 4.31. The molecule has 2 aromatic carbocycles. The maximum atomic E-state index is 13.3. The van der Waals surface area contributed by atoms with E-state index in [0.29, 0.717) is 0 Å². The van der Waals surface area contributed by atoms with Gasteiger partial charge in [0.2, 0.25) is 0 Å². The molecular weight excluding hydrogens is 409 g/mol. The lowest BCUT2D eigenvalue weighted by atomic mass is 9.93. The molecule has 9 heteroatoms. The highest BCUT2D eigenvalue weighted by molar-refractivity contribution is 6.31. The van der Waals surface area contributed by atoms with E-state index in [4.69, 9.17) is 21.6 Å². The molecule has 0 saturated heterocycles. The fourth-order valence-corrected chi connectivity index (χ4v) is 3.27. The number of halogens is 4. The van der Waals surface area contributed by atoms with Gasteiger partial charge in [-0.15, -0.1) is 0 Å². The zero-order valence-corrected chi connectivity index (χ0v) is 15.6. The van der Waals surface area contributed by atoms with E-state index in [1.54, 1.807) is 0 Å². The Balaban J connectivity index is 2.44. The van der Waals surface area contributed by atoms with Crippen LogP contribution in [0.25, 0.3) is 22.0 Å². The molecule has 0 atom stereocenters. The fraction of sp³-hybridized carbons (Fsp3) is 0.200. The largest absolute Gasteiger partial charge is 0.478 e. The minimum absolute atomic E-state index is 0.0865. The number of aromatic nitrogens is 1. The SMILES string of the molecule is N#CCOc1ccc(Cl)cc1-c1c(CCO)c(=O)[nH]c2ccc(C(F)(F)F)cc12. The molecule has 1 aromatic heterocycles. The first-order valence-electron chi connectivity index (χ1n) is 8.43. The van der Waals surface area contributed by atoms with Gasteiger partial charge in [-0.3, -0.25) is 4.79 Å². The summed E-state index contributed by atoms with van der Waals surface area (Å²) in [5.41, 5.74) is -0.748. The van der Waals surface area contributed by atoms with Crippen LogP contribution in [0.15, 0.2) is 41.2 Å². The third-order valence-corrected chi connectivity index (χ3v) is 4.54. The van der Waals surface area contributed by atoms with Gasteiger partial charge < -0.3 is 14.8 Å². The number of pyridine rings is 1. The van der Waals surface area contributed by atoms with E-state index in [1.807, 2.05) is 6.07 Å². The second-order valence-corrected chi connectivity index (χ2v) is 6.56. The van der Waals surface area contributed by atoms with E-state index < -0.39 is 23.9 Å². The van der Waals surface area contributed by atoms with Crippen molar-refractivity contribution in [3.05, 3.63) is 62.9 Å². The number of nitrogens with zero attached hydrogens (tertiary/aromatic N) is 1. The summed E-state index contributed by atoms with van der Waals surface area (Å²) in [6.07, 6.45) is -4.69. The minimum Gasteiger partial charge on any atom is -0.478 e. The molecule has 3 aromatic rings. The van der Waals surface area contributed by atoms with Crippen LogP contribution in [-0.2, 0) is 12.6 Å². The van der Waals surface area contributed by atoms with E-state index in [1.165, 1.54) is 24.3 Å². The van der Waals surface area contributed by atoms with E-state index in [2.05, 4.69) is 4.98 Å². The Labute approximate surface area is 167 Å². The molecule has 0 fully saturated rings. The first kappa shape index (κ1) is 20.7. The number of hydrogen-bond acceptors (Lipinski definition) is 4. The Kier molecular flexibility index (Phi) is 5.82. The van der Waals surface area contributed by atoms with Gasteiger partial charge in [-0.05, 0) is 36.4 Å². The highest BCUT2D eigenvalue weighted by Crippen LogP contribution is 2.40. The summed E-state index contributed by atoms with van der Waals surface area (Å²) in [5, 5.41) is 18.6. The predicted molar refractivity (Wildman–Crippen MR) is 102 cm³/mol. The summed E-state index contributed by atoms with van der Waals surface area (Å²) in [4.78, 5) is 15.1. The van der Waals surface area contributed by atoms with Gasteiger partial charge in [0.05, 0.1) is 5.56 Å². The molecule has 0 amide bonds. The van der Waals surface area contributed by atoms with Crippen LogP contribution in [0.5, 0.6) is 5.75 Å². The topological polar surface area (TPSA) is 86.1 Å². The number of ether oxygens (including phenoxy) is 1. The number of aromatic amines is 1. The van der Waals surface area contributed by atoms with Crippen molar-refractivity contribution in [3.63, 3.8) is 0 Å². The summed E-state index contributed by atoms with van der Waals surface area (Å²) >= 11 is 6.09. The number of alkyl halides is 3. The third kappa shape index (κ3) is 4.21. The van der Waals surface area contributed by atoms with Gasteiger partial charge in [-0.1, -0.05) is 11.6 Å². The number of aliphatic hydroxyl groups is 1. The lowest BCUT2D eigenvalue weighted by Gasteiger charge is -2.17. The summed E-state index contributed by atoms with van der Waals surface area (Å²) in [7, 11) is 0. The van der Waals surface area contributed by atoms with Crippen LogP contribution in [0.2, 0.25) is 5.02 Å². The van der Waals surface area contributed by atoms with Crippen LogP contribution in [0.3, 0.4) is 0 Å². The number of aliphatic hydroxyl groups excluding tert-OH is 1. The van der Waals surface area contributed by atoms with E-state index in [0.717, 1.165) is 12.1 Å². The number of nitrogens with one attached hydrogen (secondary N) is 1. The summed E-state index contributed by atoms with van der Waals surface area (Å²) in [6, 6.07) is 9.21. The first-order chi connectivity index (χ1) is 13.8. The summed E-state index contributed by atoms with van der Waals surface area (Å²) in [6.45, 7) is -0.700. The van der Waals surface area contributed by atoms with Gasteiger partial charge >= 0.3 is 6.18 Å². The molecule has 0 unspecified atom stereocenters. The summed E-state index contributed by atoms with van der Waals surface area (Å²) in [5.74, 6) is 0.180. The molecule has 29 heavy (non-hydrogen) atoms. The number of nitriles is 1. The molecule has 3 rings (SSSR count). The maximum Gasteiger partial charge on any atom is 0.416 e. The molecule has 0 aliphatic heterocycles. The van der Waals surface area contributed by atoms with E-state index >= 15 is 0 Å². The molecule has 0 aliphatic rings. The monoisotopic (exact) mass is 422 g/mol. The van der Waals surface area contributed by atoms with Crippen molar-refractivity contribution in [1.29, 1.82) is 5.26 Å². The van der Waals surface area contributed by atoms with Crippen molar-refractivity contribution in [3.8, 4) is 22.9 Å². The van der Waals surface area contributed by atoms with Crippen molar-refractivity contribution in [2.75, 3.05) is 13.2 Å². The minimum atomic E-state index is -4.59. The first-order valence-corrected chi connectivity index (χ1v) is 8.80. The molecule has 150 valence electrons. The second kappa shape index (κ2) is 8.15. The van der Waals surface area contributed by atoms with Crippen molar-refractivity contribution < 1.29 is 23.0 Å². The lowest BCUT2D eigenvalue weighted by Crippen LogP contribution is -2.17. The van der Waals surface area contributed by atoms with Gasteiger partial charge in [0.25, 0.3) is 5.56 Å². The fourth-order valence-electron chi connectivity index (χ4n) is 3.10. The zero-order chi connectivity index (χ0) is 21.2. The number of rotatable bonds is 5. The van der Waals surface area contributed by atoms with Gasteiger partial charge in [-0.2, -0.15) is 18.4 Å². The number of H-pyrrole nitrogens is 1. The molecule has 2 N–H and O–H groups in total. The van der Waals surface area contributed by atoms with E-state index in [9.17, 15) is 23.1 Å². The van der Waals surface area contributed by atoms with Gasteiger partial charge in [0, 0.05) is 45.6 Å². The van der Waals surface area contributed by atoms with Crippen molar-refractivity contribution in [2.24, 2.45) is 0 Å². The quantitative estimate of drug-likeness (QED) is 0.641. The van der Waals surface area contributed by atoms with Crippen LogP contribution in [0, 0.1) is 11.3 Å². The highest BCUT2D eigenvalue weighted by atomic mass is 35.5. The Morgan fingerprint density at radius 1 is 1.21 bits per heavy atom. The van der Waals surface area contributed by atoms with Crippen LogP contribution in [0.1, 0.15) is 11.1 Å². The van der Waals surface area contributed by atoms with Gasteiger partial charge in [0.1, 0.15) is 11.8 Å². The molecular formula is C20H14ClF3N2O3. The number of hydrogen-bond donors (Lipinski definition) is 2. The Morgan fingerprint density at radius 3 is 2.62 bits per heavy atom. The lowest BCUT2D eigenvalue weighted by molar-refractivity contribution is -0.137. The molecule has 0 saturated carbocycles. The highest BCUT2D eigenvalue weighted by Gasteiger charge is 2.31. The van der Waals surface area contributed by atoms with Crippen molar-refractivity contribution in [1.82, 2.24) is 4.98 Å². The molecule has 1 heterocycles. The average Bonchev–Trinajstić information content (AvgIpc) is 2.66. The zero-order valence-electron chi connectivity index (χ0n) is 14.8. The molecule has 0 spiro atoms. The van der Waals surface area contributed by atoms with Crippen LogP contribution >= 0.6 is 11.6 Å². The normalized spacial score (nSPS) is 11.4. The molecule has 0 bridgehead atoms. The van der Waals surface area contributed by atoms with Crippen molar-refractivity contribution >= 4 is 22.5 Å². The predicted octanol–water partition coefficient (Wildman–Crippen LogP) is 4.30.